The van der Waals surface area contributed by atoms with Gasteiger partial charge in [-0.05, 0) is 43.2 Å². The standard InChI is InChI=1S/C14H22N2S/c15-10-13(14-6-3-9-17-14)16-8-7-11-4-1-2-5-12(11)16/h3,6,9,11-13H,1-2,4-5,7-8,10,15H2. The Morgan fingerprint density at radius 1 is 1.35 bits per heavy atom. The molecule has 3 heteroatoms. The summed E-state index contributed by atoms with van der Waals surface area (Å²) in [6, 6.07) is 5.69. The van der Waals surface area contributed by atoms with Crippen LogP contribution in [0.3, 0.4) is 0 Å². The quantitative estimate of drug-likeness (QED) is 0.893. The van der Waals surface area contributed by atoms with Crippen LogP contribution in [-0.4, -0.2) is 24.0 Å². The van der Waals surface area contributed by atoms with E-state index in [1.54, 1.807) is 0 Å². The van der Waals surface area contributed by atoms with Crippen molar-refractivity contribution >= 4 is 11.3 Å². The van der Waals surface area contributed by atoms with Crippen LogP contribution < -0.4 is 5.73 Å². The molecular formula is C14H22N2S. The number of nitrogens with zero attached hydrogens (tertiary/aromatic N) is 1. The summed E-state index contributed by atoms with van der Waals surface area (Å²) in [6.07, 6.45) is 7.10. The Kier molecular flexibility index (Phi) is 3.50. The fraction of sp³-hybridized carbons (Fsp3) is 0.714. The molecule has 1 aliphatic heterocycles. The highest BCUT2D eigenvalue weighted by atomic mass is 32.1. The zero-order chi connectivity index (χ0) is 11.7. The highest BCUT2D eigenvalue weighted by molar-refractivity contribution is 7.10. The molecule has 0 radical (unpaired) electrons. The summed E-state index contributed by atoms with van der Waals surface area (Å²) in [6.45, 7) is 2.03. The normalized spacial score (nSPS) is 31.4. The van der Waals surface area contributed by atoms with Crippen molar-refractivity contribution in [2.24, 2.45) is 11.7 Å². The SMILES string of the molecule is NCC(c1cccs1)N1CCC2CCCCC21. The van der Waals surface area contributed by atoms with Crippen molar-refractivity contribution in [2.75, 3.05) is 13.1 Å². The van der Waals surface area contributed by atoms with Crippen molar-refractivity contribution < 1.29 is 0 Å². The van der Waals surface area contributed by atoms with Crippen LogP contribution in [0.4, 0.5) is 0 Å². The molecule has 2 aliphatic rings. The van der Waals surface area contributed by atoms with Crippen LogP contribution in [0.2, 0.25) is 0 Å². The van der Waals surface area contributed by atoms with Crippen LogP contribution in [0.5, 0.6) is 0 Å². The topological polar surface area (TPSA) is 29.3 Å². The van der Waals surface area contributed by atoms with Gasteiger partial charge in [0, 0.05) is 17.5 Å². The van der Waals surface area contributed by atoms with E-state index in [0.29, 0.717) is 6.04 Å². The van der Waals surface area contributed by atoms with E-state index in [4.69, 9.17) is 5.73 Å². The Balaban J connectivity index is 1.78. The van der Waals surface area contributed by atoms with Gasteiger partial charge in [0.1, 0.15) is 0 Å². The number of thiophene rings is 1. The summed E-state index contributed by atoms with van der Waals surface area (Å²) in [5, 5.41) is 2.17. The number of hydrogen-bond acceptors (Lipinski definition) is 3. The first-order valence-electron chi connectivity index (χ1n) is 6.89. The number of fused-ring (bicyclic) bond motifs is 1. The van der Waals surface area contributed by atoms with Gasteiger partial charge in [0.2, 0.25) is 0 Å². The predicted octanol–water partition coefficient (Wildman–Crippen LogP) is 3.01. The maximum absolute atomic E-state index is 6.03. The molecule has 3 atom stereocenters. The summed E-state index contributed by atoms with van der Waals surface area (Å²) in [5.41, 5.74) is 6.03. The lowest BCUT2D eigenvalue weighted by molar-refractivity contribution is 0.137. The van der Waals surface area contributed by atoms with Gasteiger partial charge in [-0.3, -0.25) is 4.90 Å². The summed E-state index contributed by atoms with van der Waals surface area (Å²) in [7, 11) is 0. The van der Waals surface area contributed by atoms with Gasteiger partial charge < -0.3 is 5.73 Å². The Morgan fingerprint density at radius 3 is 3.00 bits per heavy atom. The lowest BCUT2D eigenvalue weighted by Crippen LogP contribution is -2.40. The van der Waals surface area contributed by atoms with Crippen molar-refractivity contribution in [3.63, 3.8) is 0 Å². The Labute approximate surface area is 108 Å². The minimum Gasteiger partial charge on any atom is -0.329 e. The first-order valence-corrected chi connectivity index (χ1v) is 7.77. The molecular weight excluding hydrogens is 228 g/mol. The van der Waals surface area contributed by atoms with Crippen LogP contribution in [0.1, 0.15) is 43.0 Å². The molecule has 0 amide bonds. The highest BCUT2D eigenvalue weighted by Crippen LogP contribution is 2.40. The molecule has 1 saturated carbocycles. The second kappa shape index (κ2) is 5.09. The van der Waals surface area contributed by atoms with E-state index in [1.165, 1.54) is 43.5 Å². The van der Waals surface area contributed by atoms with E-state index in [9.17, 15) is 0 Å². The minimum absolute atomic E-state index is 0.475. The third kappa shape index (κ3) is 2.16. The van der Waals surface area contributed by atoms with Gasteiger partial charge in [-0.1, -0.05) is 18.9 Å². The lowest BCUT2D eigenvalue weighted by atomic mass is 9.85. The van der Waals surface area contributed by atoms with Crippen LogP contribution in [0.25, 0.3) is 0 Å². The van der Waals surface area contributed by atoms with Gasteiger partial charge >= 0.3 is 0 Å². The van der Waals surface area contributed by atoms with E-state index in [2.05, 4.69) is 22.4 Å². The van der Waals surface area contributed by atoms with E-state index in [0.717, 1.165) is 18.5 Å². The molecule has 2 nitrogen and oxygen atoms in total. The number of hydrogen-bond donors (Lipinski definition) is 1. The summed E-state index contributed by atoms with van der Waals surface area (Å²) in [4.78, 5) is 4.16. The van der Waals surface area contributed by atoms with Gasteiger partial charge in [-0.25, -0.2) is 0 Å². The maximum atomic E-state index is 6.03. The van der Waals surface area contributed by atoms with Crippen molar-refractivity contribution in [3.05, 3.63) is 22.4 Å². The molecule has 3 rings (SSSR count). The molecule has 2 N–H and O–H groups in total. The Morgan fingerprint density at radius 2 is 2.24 bits per heavy atom. The Hall–Kier alpha value is -0.380. The predicted molar refractivity (Wildman–Crippen MR) is 73.2 cm³/mol. The minimum atomic E-state index is 0.475. The van der Waals surface area contributed by atoms with Crippen molar-refractivity contribution in [2.45, 2.75) is 44.2 Å². The second-order valence-corrected chi connectivity index (χ2v) is 6.38. The van der Waals surface area contributed by atoms with E-state index >= 15 is 0 Å². The van der Waals surface area contributed by atoms with Crippen molar-refractivity contribution in [1.82, 2.24) is 4.90 Å². The zero-order valence-corrected chi connectivity index (χ0v) is 11.2. The fourth-order valence-electron chi connectivity index (χ4n) is 3.72. The first-order chi connectivity index (χ1) is 8.40. The molecule has 1 aliphatic carbocycles. The summed E-state index contributed by atoms with van der Waals surface area (Å²) < 4.78 is 0. The molecule has 3 unspecified atom stereocenters. The molecule has 0 spiro atoms. The highest BCUT2D eigenvalue weighted by Gasteiger charge is 2.39. The molecule has 2 fully saturated rings. The number of rotatable bonds is 3. The van der Waals surface area contributed by atoms with Crippen LogP contribution in [-0.2, 0) is 0 Å². The first kappa shape index (κ1) is 11.7. The summed E-state index contributed by atoms with van der Waals surface area (Å²) in [5.74, 6) is 0.956. The third-order valence-corrected chi connectivity index (χ3v) is 5.52. The lowest BCUT2D eigenvalue weighted by Gasteiger charge is -2.36. The van der Waals surface area contributed by atoms with E-state index in [1.807, 2.05) is 11.3 Å². The molecule has 1 saturated heterocycles. The molecule has 0 aromatic carbocycles. The third-order valence-electron chi connectivity index (χ3n) is 4.55. The van der Waals surface area contributed by atoms with Gasteiger partial charge in [0.25, 0.3) is 0 Å². The smallest absolute Gasteiger partial charge is 0.0566 e. The molecule has 0 bridgehead atoms. The van der Waals surface area contributed by atoms with Crippen molar-refractivity contribution in [3.8, 4) is 0 Å². The van der Waals surface area contributed by atoms with Crippen molar-refractivity contribution in [1.29, 1.82) is 0 Å². The van der Waals surface area contributed by atoms with Crippen LogP contribution in [0.15, 0.2) is 17.5 Å². The monoisotopic (exact) mass is 250 g/mol. The zero-order valence-electron chi connectivity index (χ0n) is 10.3. The van der Waals surface area contributed by atoms with E-state index < -0.39 is 0 Å². The molecule has 17 heavy (non-hydrogen) atoms. The molecule has 2 heterocycles. The van der Waals surface area contributed by atoms with E-state index in [-0.39, 0.29) is 0 Å². The fourth-order valence-corrected chi connectivity index (χ4v) is 4.59. The second-order valence-electron chi connectivity index (χ2n) is 5.41. The van der Waals surface area contributed by atoms with Crippen LogP contribution in [0, 0.1) is 5.92 Å². The molecule has 1 aromatic heterocycles. The molecule has 1 aromatic rings. The van der Waals surface area contributed by atoms with Gasteiger partial charge in [0.05, 0.1) is 6.04 Å². The largest absolute Gasteiger partial charge is 0.329 e. The average molecular weight is 250 g/mol. The summed E-state index contributed by atoms with van der Waals surface area (Å²) >= 11 is 1.86. The van der Waals surface area contributed by atoms with Crippen LogP contribution >= 0.6 is 11.3 Å². The van der Waals surface area contributed by atoms with Gasteiger partial charge in [0.15, 0.2) is 0 Å². The number of likely N-dealkylation sites (tertiary alicyclic amines) is 1. The maximum Gasteiger partial charge on any atom is 0.0566 e. The van der Waals surface area contributed by atoms with Gasteiger partial charge in [-0.15, -0.1) is 11.3 Å². The Bertz CT molecular complexity index is 349. The average Bonchev–Trinajstić information content (AvgIpc) is 3.01. The number of nitrogens with two attached hydrogens (primary N) is 1. The van der Waals surface area contributed by atoms with Gasteiger partial charge in [-0.2, -0.15) is 0 Å². The molecule has 94 valence electrons.